The van der Waals surface area contributed by atoms with Crippen LogP contribution in [0.3, 0.4) is 0 Å². The first-order valence-electron chi connectivity index (χ1n) is 11.1. The Morgan fingerprint density at radius 3 is 2.85 bits per heavy atom. The van der Waals surface area contributed by atoms with Crippen molar-refractivity contribution in [3.63, 3.8) is 0 Å². The number of hydrogen-bond acceptors (Lipinski definition) is 6. The van der Waals surface area contributed by atoms with E-state index in [1.165, 1.54) is 20.5 Å². The molecule has 170 valence electrons. The number of ether oxygens (including phenoxy) is 1. The van der Waals surface area contributed by atoms with E-state index >= 15 is 0 Å². The Morgan fingerprint density at radius 1 is 1.21 bits per heavy atom. The minimum Gasteiger partial charge on any atom is -0.376 e. The molecule has 0 unspecified atom stereocenters. The number of carbonyl (C=O) groups is 1. The quantitative estimate of drug-likeness (QED) is 0.473. The second-order valence-corrected chi connectivity index (χ2v) is 9.11. The van der Waals surface area contributed by atoms with E-state index in [4.69, 9.17) is 4.74 Å². The van der Waals surface area contributed by atoms with Gasteiger partial charge in [0.05, 0.1) is 18.2 Å². The number of pyridine rings is 1. The number of fused-ring (bicyclic) bond motifs is 3. The Kier molecular flexibility index (Phi) is 5.82. The molecular formula is C24H24N4O4S. The van der Waals surface area contributed by atoms with Crippen LogP contribution in [0.25, 0.3) is 20.4 Å². The van der Waals surface area contributed by atoms with Crippen LogP contribution >= 0.6 is 11.3 Å². The Bertz CT molecular complexity index is 1460. The average molecular weight is 465 g/mol. The number of nitrogens with zero attached hydrogens (tertiary/aromatic N) is 3. The smallest absolute Gasteiger partial charge is 0.332 e. The van der Waals surface area contributed by atoms with E-state index in [0.717, 1.165) is 30.5 Å². The molecule has 1 aliphatic heterocycles. The molecule has 0 aliphatic carbocycles. The summed E-state index contributed by atoms with van der Waals surface area (Å²) in [6, 6.07) is 11.2. The van der Waals surface area contributed by atoms with E-state index in [2.05, 4.69) is 10.3 Å². The number of rotatable bonds is 6. The van der Waals surface area contributed by atoms with E-state index in [-0.39, 0.29) is 30.7 Å². The van der Waals surface area contributed by atoms with Crippen LogP contribution in [-0.4, -0.2) is 32.7 Å². The van der Waals surface area contributed by atoms with Crippen LogP contribution in [0.15, 0.2) is 52.2 Å². The molecule has 0 radical (unpaired) electrons. The van der Waals surface area contributed by atoms with Gasteiger partial charge in [-0.05, 0) is 43.0 Å². The van der Waals surface area contributed by atoms with Gasteiger partial charge in [0.15, 0.2) is 0 Å². The van der Waals surface area contributed by atoms with E-state index < -0.39 is 5.69 Å². The summed E-state index contributed by atoms with van der Waals surface area (Å²) in [5.41, 5.74) is 1.32. The molecule has 1 amide bonds. The number of aromatic nitrogens is 3. The maximum atomic E-state index is 13.5. The van der Waals surface area contributed by atoms with Gasteiger partial charge in [-0.2, -0.15) is 0 Å². The summed E-state index contributed by atoms with van der Waals surface area (Å²) in [6.45, 7) is 2.61. The van der Waals surface area contributed by atoms with E-state index in [0.29, 0.717) is 27.0 Å². The molecule has 1 atom stereocenters. The zero-order chi connectivity index (χ0) is 22.9. The predicted octanol–water partition coefficient (Wildman–Crippen LogP) is 3.15. The van der Waals surface area contributed by atoms with E-state index in [1.54, 1.807) is 12.3 Å². The van der Waals surface area contributed by atoms with Crippen molar-refractivity contribution >= 4 is 43.4 Å². The fourth-order valence-corrected chi connectivity index (χ4v) is 5.46. The van der Waals surface area contributed by atoms with Crippen LogP contribution in [0.5, 0.6) is 0 Å². The summed E-state index contributed by atoms with van der Waals surface area (Å²) in [4.78, 5) is 44.9. The lowest BCUT2D eigenvalue weighted by Crippen LogP contribution is -2.43. The Balaban J connectivity index is 1.62. The minimum atomic E-state index is -0.509. The number of amides is 1. The number of thiophene rings is 1. The van der Waals surface area contributed by atoms with Crippen molar-refractivity contribution in [2.45, 2.75) is 45.4 Å². The molecule has 1 aliphatic rings. The first-order chi connectivity index (χ1) is 16.1. The highest BCUT2D eigenvalue weighted by atomic mass is 32.1. The van der Waals surface area contributed by atoms with Gasteiger partial charge in [0.2, 0.25) is 5.91 Å². The molecule has 4 heterocycles. The van der Waals surface area contributed by atoms with Crippen molar-refractivity contribution in [1.29, 1.82) is 0 Å². The van der Waals surface area contributed by atoms with Gasteiger partial charge < -0.3 is 10.1 Å². The lowest BCUT2D eigenvalue weighted by Gasteiger charge is -2.15. The number of para-hydroxylation sites is 1. The number of anilines is 1. The van der Waals surface area contributed by atoms with Crippen LogP contribution in [0.2, 0.25) is 0 Å². The number of carbonyl (C=O) groups excluding carboxylic acids is 1. The van der Waals surface area contributed by atoms with Gasteiger partial charge in [-0.15, -0.1) is 11.3 Å². The summed E-state index contributed by atoms with van der Waals surface area (Å²) >= 11 is 1.24. The zero-order valence-electron chi connectivity index (χ0n) is 18.2. The zero-order valence-corrected chi connectivity index (χ0v) is 19.1. The third-order valence-electron chi connectivity index (χ3n) is 6.00. The van der Waals surface area contributed by atoms with Gasteiger partial charge in [0, 0.05) is 23.9 Å². The average Bonchev–Trinajstić information content (AvgIpc) is 3.48. The van der Waals surface area contributed by atoms with E-state index in [1.807, 2.05) is 37.3 Å². The standard InChI is InChI=1S/C24H24N4O4S/c1-2-15-7-3-4-10-18(15)26-19(29)14-27-20-17-9-5-11-25-22(17)33-21(20)23(30)28(24(27)31)13-16-8-6-12-32-16/h3-5,7,9-11,16H,2,6,8,12-14H2,1H3,(H,26,29)/t16-/m0/s1. The normalized spacial score (nSPS) is 16.0. The fourth-order valence-electron chi connectivity index (χ4n) is 4.37. The van der Waals surface area contributed by atoms with Gasteiger partial charge in [0.25, 0.3) is 5.56 Å². The Hall–Kier alpha value is -3.30. The summed E-state index contributed by atoms with van der Waals surface area (Å²) in [7, 11) is 0. The van der Waals surface area contributed by atoms with Crippen molar-refractivity contribution in [3.8, 4) is 0 Å². The second kappa shape index (κ2) is 8.92. The highest BCUT2D eigenvalue weighted by molar-refractivity contribution is 7.25. The monoisotopic (exact) mass is 464 g/mol. The van der Waals surface area contributed by atoms with Crippen LogP contribution in [0.4, 0.5) is 5.69 Å². The van der Waals surface area contributed by atoms with Gasteiger partial charge in [-0.25, -0.2) is 9.78 Å². The van der Waals surface area contributed by atoms with Gasteiger partial charge in [0.1, 0.15) is 16.1 Å². The lowest BCUT2D eigenvalue weighted by molar-refractivity contribution is -0.116. The van der Waals surface area contributed by atoms with Crippen LogP contribution in [-0.2, 0) is 29.0 Å². The SMILES string of the molecule is CCc1ccccc1NC(=O)Cn1c(=O)n(C[C@@H]2CCCO2)c(=O)c2sc3ncccc3c21. The maximum absolute atomic E-state index is 13.5. The second-order valence-electron chi connectivity index (χ2n) is 8.11. The molecule has 33 heavy (non-hydrogen) atoms. The van der Waals surface area contributed by atoms with Crippen molar-refractivity contribution < 1.29 is 9.53 Å². The number of nitrogens with one attached hydrogen (secondary N) is 1. The molecule has 0 saturated carbocycles. The first kappa shape index (κ1) is 21.5. The first-order valence-corrected chi connectivity index (χ1v) is 11.9. The molecule has 5 rings (SSSR count). The maximum Gasteiger partial charge on any atom is 0.332 e. The third-order valence-corrected chi connectivity index (χ3v) is 7.09. The van der Waals surface area contributed by atoms with Crippen molar-refractivity contribution in [1.82, 2.24) is 14.1 Å². The Labute approximate surface area is 193 Å². The minimum absolute atomic E-state index is 0.176. The Morgan fingerprint density at radius 2 is 2.06 bits per heavy atom. The molecule has 1 fully saturated rings. The molecule has 4 aromatic rings. The molecule has 9 heteroatoms. The largest absolute Gasteiger partial charge is 0.376 e. The molecule has 8 nitrogen and oxygen atoms in total. The summed E-state index contributed by atoms with van der Waals surface area (Å²) < 4.78 is 8.69. The molecule has 3 aromatic heterocycles. The van der Waals surface area contributed by atoms with E-state index in [9.17, 15) is 14.4 Å². The number of benzene rings is 1. The molecule has 0 spiro atoms. The highest BCUT2D eigenvalue weighted by Gasteiger charge is 2.24. The third kappa shape index (κ3) is 3.98. The van der Waals surface area contributed by atoms with Crippen LogP contribution in [0, 0.1) is 0 Å². The van der Waals surface area contributed by atoms with Crippen molar-refractivity contribution in [2.24, 2.45) is 0 Å². The summed E-state index contributed by atoms with van der Waals surface area (Å²) in [6.07, 6.45) is 3.94. The highest BCUT2D eigenvalue weighted by Crippen LogP contribution is 2.29. The fraction of sp³-hybridized carbons (Fsp3) is 0.333. The molecule has 1 aromatic carbocycles. The number of aryl methyl sites for hydroxylation is 1. The molecule has 1 N–H and O–H groups in total. The predicted molar refractivity (Wildman–Crippen MR) is 129 cm³/mol. The van der Waals surface area contributed by atoms with Crippen LogP contribution < -0.4 is 16.6 Å². The van der Waals surface area contributed by atoms with Crippen LogP contribution in [0.1, 0.15) is 25.3 Å². The van der Waals surface area contributed by atoms with Crippen molar-refractivity contribution in [2.75, 3.05) is 11.9 Å². The lowest BCUT2D eigenvalue weighted by atomic mass is 10.1. The topological polar surface area (TPSA) is 95.2 Å². The molecule has 0 bridgehead atoms. The molecule has 1 saturated heterocycles. The number of hydrogen-bond donors (Lipinski definition) is 1. The van der Waals surface area contributed by atoms with Gasteiger partial charge >= 0.3 is 5.69 Å². The molecular weight excluding hydrogens is 440 g/mol. The van der Waals surface area contributed by atoms with Gasteiger partial charge in [-0.1, -0.05) is 25.1 Å². The van der Waals surface area contributed by atoms with Crippen molar-refractivity contribution in [3.05, 3.63) is 69.0 Å². The summed E-state index contributed by atoms with van der Waals surface area (Å²) in [5.74, 6) is -0.329. The van der Waals surface area contributed by atoms with Gasteiger partial charge in [-0.3, -0.25) is 18.7 Å². The summed E-state index contributed by atoms with van der Waals surface area (Å²) in [5, 5.41) is 3.62.